The Kier molecular flexibility index (Phi) is 4.40. The first-order chi connectivity index (χ1) is 8.22. The lowest BCUT2D eigenvalue weighted by atomic mass is 9.82. The SMILES string of the molecule is NCC1CCCCC1N1CCC(C(N)=O)CC1. The van der Waals surface area contributed by atoms with E-state index in [2.05, 4.69) is 4.90 Å². The van der Waals surface area contributed by atoms with Gasteiger partial charge in [0.15, 0.2) is 0 Å². The predicted molar refractivity (Wildman–Crippen MR) is 68.3 cm³/mol. The third kappa shape index (κ3) is 2.99. The summed E-state index contributed by atoms with van der Waals surface area (Å²) in [5.74, 6) is 0.642. The van der Waals surface area contributed by atoms with Gasteiger partial charge in [-0.3, -0.25) is 4.79 Å². The Hall–Kier alpha value is -0.610. The van der Waals surface area contributed by atoms with E-state index in [1.165, 1.54) is 25.7 Å². The first-order valence-corrected chi connectivity index (χ1v) is 6.95. The van der Waals surface area contributed by atoms with Crippen LogP contribution in [0.2, 0.25) is 0 Å². The van der Waals surface area contributed by atoms with Crippen molar-refractivity contribution < 1.29 is 4.79 Å². The molecule has 0 aromatic rings. The highest BCUT2D eigenvalue weighted by molar-refractivity contribution is 5.76. The second kappa shape index (κ2) is 5.83. The molecule has 17 heavy (non-hydrogen) atoms. The molecule has 2 aliphatic rings. The molecule has 2 fully saturated rings. The van der Waals surface area contributed by atoms with Crippen LogP contribution in [-0.2, 0) is 4.79 Å². The quantitative estimate of drug-likeness (QED) is 0.761. The van der Waals surface area contributed by atoms with Gasteiger partial charge in [0.25, 0.3) is 0 Å². The molecule has 2 rings (SSSR count). The van der Waals surface area contributed by atoms with Crippen molar-refractivity contribution >= 4 is 5.91 Å². The van der Waals surface area contributed by atoms with Crippen LogP contribution in [0.15, 0.2) is 0 Å². The summed E-state index contributed by atoms with van der Waals surface area (Å²) >= 11 is 0. The molecular formula is C13H25N3O. The summed E-state index contributed by atoms with van der Waals surface area (Å²) < 4.78 is 0. The zero-order valence-electron chi connectivity index (χ0n) is 10.6. The van der Waals surface area contributed by atoms with E-state index in [-0.39, 0.29) is 11.8 Å². The van der Waals surface area contributed by atoms with E-state index < -0.39 is 0 Å². The molecule has 2 unspecified atom stereocenters. The number of likely N-dealkylation sites (tertiary alicyclic amines) is 1. The van der Waals surface area contributed by atoms with Gasteiger partial charge in [-0.25, -0.2) is 0 Å². The van der Waals surface area contributed by atoms with E-state index in [0.29, 0.717) is 12.0 Å². The summed E-state index contributed by atoms with van der Waals surface area (Å²) in [7, 11) is 0. The molecule has 98 valence electrons. The van der Waals surface area contributed by atoms with E-state index >= 15 is 0 Å². The van der Waals surface area contributed by atoms with Gasteiger partial charge < -0.3 is 16.4 Å². The minimum atomic E-state index is -0.122. The molecule has 0 aromatic heterocycles. The molecule has 0 aromatic carbocycles. The summed E-state index contributed by atoms with van der Waals surface area (Å²) in [5.41, 5.74) is 11.2. The highest BCUT2D eigenvalue weighted by atomic mass is 16.1. The van der Waals surface area contributed by atoms with E-state index in [1.807, 2.05) is 0 Å². The molecule has 1 saturated heterocycles. The molecule has 1 aliphatic carbocycles. The lowest BCUT2D eigenvalue weighted by molar-refractivity contribution is -0.123. The number of nitrogens with zero attached hydrogens (tertiary/aromatic N) is 1. The van der Waals surface area contributed by atoms with Gasteiger partial charge >= 0.3 is 0 Å². The Morgan fingerprint density at radius 1 is 1.12 bits per heavy atom. The largest absolute Gasteiger partial charge is 0.369 e. The van der Waals surface area contributed by atoms with Crippen LogP contribution in [0.3, 0.4) is 0 Å². The van der Waals surface area contributed by atoms with Crippen LogP contribution in [0, 0.1) is 11.8 Å². The molecular weight excluding hydrogens is 214 g/mol. The highest BCUT2D eigenvalue weighted by Crippen LogP contribution is 2.30. The van der Waals surface area contributed by atoms with E-state index in [9.17, 15) is 4.79 Å². The number of primary amides is 1. The molecule has 0 radical (unpaired) electrons. The van der Waals surface area contributed by atoms with Crippen molar-refractivity contribution in [3.05, 3.63) is 0 Å². The van der Waals surface area contributed by atoms with E-state index in [1.54, 1.807) is 0 Å². The molecule has 0 spiro atoms. The Labute approximate surface area is 104 Å². The number of carbonyl (C=O) groups excluding carboxylic acids is 1. The predicted octanol–water partition coefficient (Wildman–Crippen LogP) is 0.701. The fourth-order valence-corrected chi connectivity index (χ4v) is 3.46. The van der Waals surface area contributed by atoms with Gasteiger partial charge in [0.05, 0.1) is 0 Å². The first-order valence-electron chi connectivity index (χ1n) is 6.95. The third-order valence-electron chi connectivity index (χ3n) is 4.57. The number of hydrogen-bond acceptors (Lipinski definition) is 3. The monoisotopic (exact) mass is 239 g/mol. The maximum atomic E-state index is 11.1. The summed E-state index contributed by atoms with van der Waals surface area (Å²) in [6.07, 6.45) is 7.08. The Morgan fingerprint density at radius 2 is 1.76 bits per heavy atom. The smallest absolute Gasteiger partial charge is 0.220 e. The number of hydrogen-bond donors (Lipinski definition) is 2. The number of rotatable bonds is 3. The zero-order chi connectivity index (χ0) is 12.3. The molecule has 1 amide bonds. The van der Waals surface area contributed by atoms with Crippen molar-refractivity contribution in [1.29, 1.82) is 0 Å². The van der Waals surface area contributed by atoms with Gasteiger partial charge in [-0.1, -0.05) is 12.8 Å². The van der Waals surface area contributed by atoms with Crippen molar-refractivity contribution in [1.82, 2.24) is 4.90 Å². The van der Waals surface area contributed by atoms with Crippen molar-refractivity contribution in [2.75, 3.05) is 19.6 Å². The maximum Gasteiger partial charge on any atom is 0.220 e. The van der Waals surface area contributed by atoms with Crippen LogP contribution in [0.1, 0.15) is 38.5 Å². The van der Waals surface area contributed by atoms with Crippen molar-refractivity contribution in [3.8, 4) is 0 Å². The van der Waals surface area contributed by atoms with Crippen LogP contribution in [-0.4, -0.2) is 36.5 Å². The fraction of sp³-hybridized carbons (Fsp3) is 0.923. The highest BCUT2D eigenvalue weighted by Gasteiger charge is 2.32. The number of amides is 1. The van der Waals surface area contributed by atoms with Gasteiger partial charge in [-0.2, -0.15) is 0 Å². The number of carbonyl (C=O) groups is 1. The lowest BCUT2D eigenvalue weighted by Crippen LogP contribution is -2.49. The van der Waals surface area contributed by atoms with Gasteiger partial charge in [0, 0.05) is 12.0 Å². The molecule has 2 atom stereocenters. The molecule has 1 heterocycles. The number of nitrogens with two attached hydrogens (primary N) is 2. The molecule has 4 nitrogen and oxygen atoms in total. The topological polar surface area (TPSA) is 72.3 Å². The Bertz CT molecular complexity index is 261. The normalized spacial score (nSPS) is 32.5. The summed E-state index contributed by atoms with van der Waals surface area (Å²) in [4.78, 5) is 13.7. The first kappa shape index (κ1) is 12.8. The van der Waals surface area contributed by atoms with Crippen molar-refractivity contribution in [2.24, 2.45) is 23.3 Å². The van der Waals surface area contributed by atoms with Gasteiger partial charge in [-0.15, -0.1) is 0 Å². The van der Waals surface area contributed by atoms with Crippen LogP contribution in [0.4, 0.5) is 0 Å². The number of piperidine rings is 1. The molecule has 0 bridgehead atoms. The van der Waals surface area contributed by atoms with Gasteiger partial charge in [0.2, 0.25) is 5.91 Å². The zero-order valence-corrected chi connectivity index (χ0v) is 10.6. The Morgan fingerprint density at radius 3 is 2.35 bits per heavy atom. The Balaban J connectivity index is 1.88. The van der Waals surface area contributed by atoms with Crippen LogP contribution in [0.5, 0.6) is 0 Å². The molecule has 4 N–H and O–H groups in total. The van der Waals surface area contributed by atoms with Gasteiger partial charge in [0.1, 0.15) is 0 Å². The average Bonchev–Trinajstić information content (AvgIpc) is 2.39. The fourth-order valence-electron chi connectivity index (χ4n) is 3.46. The third-order valence-corrected chi connectivity index (χ3v) is 4.57. The second-order valence-corrected chi connectivity index (χ2v) is 5.56. The average molecular weight is 239 g/mol. The summed E-state index contributed by atoms with van der Waals surface area (Å²) in [6, 6.07) is 0.655. The minimum absolute atomic E-state index is 0.103. The summed E-state index contributed by atoms with van der Waals surface area (Å²) in [5, 5.41) is 0. The van der Waals surface area contributed by atoms with Crippen LogP contribution in [0.25, 0.3) is 0 Å². The van der Waals surface area contributed by atoms with Crippen LogP contribution >= 0.6 is 0 Å². The molecule has 1 aliphatic heterocycles. The molecule has 1 saturated carbocycles. The van der Waals surface area contributed by atoms with E-state index in [0.717, 1.165) is 32.5 Å². The van der Waals surface area contributed by atoms with Gasteiger partial charge in [-0.05, 0) is 51.2 Å². The second-order valence-electron chi connectivity index (χ2n) is 5.56. The van der Waals surface area contributed by atoms with E-state index in [4.69, 9.17) is 11.5 Å². The lowest BCUT2D eigenvalue weighted by Gasteiger charge is -2.42. The minimum Gasteiger partial charge on any atom is -0.369 e. The standard InChI is InChI=1S/C13H25N3O/c14-9-11-3-1-2-4-12(11)16-7-5-10(6-8-16)13(15)17/h10-12H,1-9,14H2,(H2,15,17). The maximum absolute atomic E-state index is 11.1. The van der Waals surface area contributed by atoms with Crippen LogP contribution < -0.4 is 11.5 Å². The summed E-state index contributed by atoms with van der Waals surface area (Å²) in [6.45, 7) is 2.85. The molecule has 4 heteroatoms. The van der Waals surface area contributed by atoms with Crippen molar-refractivity contribution in [3.63, 3.8) is 0 Å². The van der Waals surface area contributed by atoms with Crippen molar-refractivity contribution in [2.45, 2.75) is 44.6 Å².